The Morgan fingerprint density at radius 2 is 1.88 bits per heavy atom. The fourth-order valence-electron chi connectivity index (χ4n) is 2.83. The third-order valence-electron chi connectivity index (χ3n) is 4.16. The molecule has 0 bridgehead atoms. The van der Waals surface area contributed by atoms with Crippen molar-refractivity contribution in [2.75, 3.05) is 29.0 Å². The maximum atomic E-state index is 13.0. The normalized spacial score (nSPS) is 16.2. The van der Waals surface area contributed by atoms with Crippen LogP contribution in [0.15, 0.2) is 42.5 Å². The number of sulfonamides is 1. The molecule has 1 amide bonds. The van der Waals surface area contributed by atoms with Gasteiger partial charge in [0.25, 0.3) is 5.91 Å². The second kappa shape index (κ2) is 7.33. The molecule has 138 valence electrons. The van der Waals surface area contributed by atoms with Crippen molar-refractivity contribution in [3.63, 3.8) is 0 Å². The molecule has 0 atom stereocenters. The van der Waals surface area contributed by atoms with E-state index in [1.54, 1.807) is 18.2 Å². The highest BCUT2D eigenvalue weighted by atomic mass is 32.2. The van der Waals surface area contributed by atoms with E-state index in [9.17, 15) is 17.6 Å². The maximum Gasteiger partial charge on any atom is 0.255 e. The lowest BCUT2D eigenvalue weighted by molar-refractivity contribution is 0.102. The van der Waals surface area contributed by atoms with Crippen molar-refractivity contribution in [1.29, 1.82) is 0 Å². The predicted molar refractivity (Wildman–Crippen MR) is 97.7 cm³/mol. The van der Waals surface area contributed by atoms with E-state index in [-0.39, 0.29) is 5.75 Å². The topological polar surface area (TPSA) is 75.7 Å². The summed E-state index contributed by atoms with van der Waals surface area (Å²) in [6, 6.07) is 9.97. The van der Waals surface area contributed by atoms with Crippen molar-refractivity contribution < 1.29 is 22.3 Å². The summed E-state index contributed by atoms with van der Waals surface area (Å²) < 4.78 is 44.4. The zero-order valence-corrected chi connectivity index (χ0v) is 15.1. The van der Waals surface area contributed by atoms with Crippen LogP contribution in [0.2, 0.25) is 0 Å². The van der Waals surface area contributed by atoms with E-state index >= 15 is 0 Å². The van der Waals surface area contributed by atoms with Gasteiger partial charge in [-0.2, -0.15) is 0 Å². The SMILES string of the molecule is COc1ccc(NC(=O)c2ccc(F)cc2)cc1N1CCCCS1(=O)=O. The molecular formula is C18H19FN2O4S. The van der Waals surface area contributed by atoms with Crippen LogP contribution in [0.25, 0.3) is 0 Å². The minimum atomic E-state index is -3.41. The largest absolute Gasteiger partial charge is 0.495 e. The quantitative estimate of drug-likeness (QED) is 0.887. The molecule has 2 aromatic carbocycles. The van der Waals surface area contributed by atoms with E-state index < -0.39 is 21.7 Å². The Morgan fingerprint density at radius 3 is 2.54 bits per heavy atom. The molecule has 2 aromatic rings. The van der Waals surface area contributed by atoms with Crippen LogP contribution in [0, 0.1) is 5.82 Å². The van der Waals surface area contributed by atoms with Gasteiger partial charge in [-0.25, -0.2) is 12.8 Å². The van der Waals surface area contributed by atoms with E-state index in [2.05, 4.69) is 5.32 Å². The minimum Gasteiger partial charge on any atom is -0.495 e. The van der Waals surface area contributed by atoms with Crippen LogP contribution in [0.5, 0.6) is 5.75 Å². The van der Waals surface area contributed by atoms with Crippen LogP contribution < -0.4 is 14.4 Å². The summed E-state index contributed by atoms with van der Waals surface area (Å²) in [6.07, 6.45) is 1.39. The Labute approximate surface area is 151 Å². The highest BCUT2D eigenvalue weighted by Gasteiger charge is 2.28. The molecule has 1 saturated heterocycles. The first-order chi connectivity index (χ1) is 12.4. The summed E-state index contributed by atoms with van der Waals surface area (Å²) in [6.45, 7) is 0.369. The van der Waals surface area contributed by atoms with Gasteiger partial charge in [-0.05, 0) is 55.3 Å². The van der Waals surface area contributed by atoms with E-state index in [0.717, 1.165) is 6.42 Å². The maximum absolute atomic E-state index is 13.0. The van der Waals surface area contributed by atoms with E-state index in [0.29, 0.717) is 35.7 Å². The molecule has 1 fully saturated rings. The Morgan fingerprint density at radius 1 is 1.15 bits per heavy atom. The molecule has 26 heavy (non-hydrogen) atoms. The number of ether oxygens (including phenoxy) is 1. The molecule has 3 rings (SSSR count). The van der Waals surface area contributed by atoms with Gasteiger partial charge in [-0.15, -0.1) is 0 Å². The number of amides is 1. The first-order valence-electron chi connectivity index (χ1n) is 8.16. The molecule has 0 spiro atoms. The van der Waals surface area contributed by atoms with Crippen LogP contribution in [0.3, 0.4) is 0 Å². The van der Waals surface area contributed by atoms with Gasteiger partial charge in [0.15, 0.2) is 0 Å². The highest BCUT2D eigenvalue weighted by Crippen LogP contribution is 2.35. The van der Waals surface area contributed by atoms with Crippen molar-refractivity contribution >= 4 is 27.3 Å². The van der Waals surface area contributed by atoms with Crippen LogP contribution in [-0.4, -0.2) is 33.7 Å². The Kier molecular flexibility index (Phi) is 5.13. The predicted octanol–water partition coefficient (Wildman–Crippen LogP) is 3.02. The molecule has 0 aliphatic carbocycles. The molecule has 0 unspecified atom stereocenters. The van der Waals surface area contributed by atoms with Crippen LogP contribution in [0.4, 0.5) is 15.8 Å². The fraction of sp³-hybridized carbons (Fsp3) is 0.278. The Balaban J connectivity index is 1.90. The lowest BCUT2D eigenvalue weighted by Crippen LogP contribution is -2.38. The average molecular weight is 378 g/mol. The van der Waals surface area contributed by atoms with Crippen LogP contribution in [-0.2, 0) is 10.0 Å². The number of carbonyl (C=O) groups is 1. The molecule has 8 heteroatoms. The van der Waals surface area contributed by atoms with Crippen LogP contribution >= 0.6 is 0 Å². The lowest BCUT2D eigenvalue weighted by Gasteiger charge is -2.29. The number of hydrogen-bond acceptors (Lipinski definition) is 4. The zero-order chi connectivity index (χ0) is 18.7. The van der Waals surface area contributed by atoms with Crippen molar-refractivity contribution in [1.82, 2.24) is 0 Å². The monoisotopic (exact) mass is 378 g/mol. The number of anilines is 2. The summed E-state index contributed by atoms with van der Waals surface area (Å²) in [5, 5.41) is 2.70. The molecular weight excluding hydrogens is 359 g/mol. The number of methoxy groups -OCH3 is 1. The van der Waals surface area contributed by atoms with Gasteiger partial charge in [0.1, 0.15) is 11.6 Å². The number of carbonyl (C=O) groups excluding carboxylic acids is 1. The van der Waals surface area contributed by atoms with E-state index in [1.165, 1.54) is 35.7 Å². The molecule has 1 N–H and O–H groups in total. The second-order valence-corrected chi connectivity index (χ2v) is 7.96. The summed E-state index contributed by atoms with van der Waals surface area (Å²) >= 11 is 0. The number of nitrogens with zero attached hydrogens (tertiary/aromatic N) is 1. The molecule has 1 heterocycles. The third kappa shape index (κ3) is 3.80. The summed E-state index contributed by atoms with van der Waals surface area (Å²) in [5.41, 5.74) is 1.12. The Bertz CT molecular complexity index is 913. The molecule has 0 saturated carbocycles. The average Bonchev–Trinajstić information content (AvgIpc) is 2.62. The van der Waals surface area contributed by atoms with Crippen molar-refractivity contribution in [2.45, 2.75) is 12.8 Å². The molecule has 0 aromatic heterocycles. The van der Waals surface area contributed by atoms with E-state index in [4.69, 9.17) is 4.74 Å². The van der Waals surface area contributed by atoms with Gasteiger partial charge in [0, 0.05) is 17.8 Å². The highest BCUT2D eigenvalue weighted by molar-refractivity contribution is 7.92. The van der Waals surface area contributed by atoms with Gasteiger partial charge in [0.2, 0.25) is 10.0 Å². The first-order valence-corrected chi connectivity index (χ1v) is 9.77. The summed E-state index contributed by atoms with van der Waals surface area (Å²) in [5.74, 6) is -0.344. The van der Waals surface area contributed by atoms with Gasteiger partial charge in [-0.3, -0.25) is 9.10 Å². The van der Waals surface area contributed by atoms with Gasteiger partial charge in [0.05, 0.1) is 18.6 Å². The molecule has 6 nitrogen and oxygen atoms in total. The number of halogens is 1. The number of benzene rings is 2. The van der Waals surface area contributed by atoms with Crippen molar-refractivity contribution in [3.8, 4) is 5.75 Å². The van der Waals surface area contributed by atoms with Crippen molar-refractivity contribution in [2.24, 2.45) is 0 Å². The Hall–Kier alpha value is -2.61. The minimum absolute atomic E-state index is 0.0856. The number of hydrogen-bond donors (Lipinski definition) is 1. The molecule has 1 aliphatic heterocycles. The van der Waals surface area contributed by atoms with Gasteiger partial charge >= 0.3 is 0 Å². The second-order valence-electron chi connectivity index (χ2n) is 5.94. The first kappa shape index (κ1) is 18.2. The third-order valence-corrected chi connectivity index (χ3v) is 6.02. The summed E-state index contributed by atoms with van der Waals surface area (Å²) in [4.78, 5) is 12.3. The molecule has 1 aliphatic rings. The summed E-state index contributed by atoms with van der Waals surface area (Å²) in [7, 11) is -1.95. The zero-order valence-electron chi connectivity index (χ0n) is 14.2. The van der Waals surface area contributed by atoms with Crippen molar-refractivity contribution in [3.05, 3.63) is 53.8 Å². The van der Waals surface area contributed by atoms with Crippen LogP contribution in [0.1, 0.15) is 23.2 Å². The smallest absolute Gasteiger partial charge is 0.255 e. The lowest BCUT2D eigenvalue weighted by atomic mass is 10.2. The van der Waals surface area contributed by atoms with Gasteiger partial charge < -0.3 is 10.1 Å². The number of nitrogens with one attached hydrogen (secondary N) is 1. The fourth-order valence-corrected chi connectivity index (χ4v) is 4.47. The van der Waals surface area contributed by atoms with E-state index in [1.807, 2.05) is 0 Å². The molecule has 0 radical (unpaired) electrons. The standard InChI is InChI=1S/C18H19FN2O4S/c1-25-17-9-8-15(20-18(22)13-4-6-14(19)7-5-13)12-16(17)21-10-2-3-11-26(21,23)24/h4-9,12H,2-3,10-11H2,1H3,(H,20,22). The number of rotatable bonds is 4. The van der Waals surface area contributed by atoms with Gasteiger partial charge in [-0.1, -0.05) is 0 Å².